The summed E-state index contributed by atoms with van der Waals surface area (Å²) < 4.78 is 29.7. The molecule has 7 nitrogen and oxygen atoms in total. The van der Waals surface area contributed by atoms with Gasteiger partial charge in [0.1, 0.15) is 23.0 Å². The number of Topliss-reactive ketones (excluding diaryl/α,β-unsaturated/α-hetero) is 1. The number of carbonyl (C=O) groups excluding carboxylic acids is 1. The third kappa shape index (κ3) is 4.84. The number of aromatic nitrogens is 2. The van der Waals surface area contributed by atoms with Gasteiger partial charge in [0.15, 0.2) is 5.78 Å². The van der Waals surface area contributed by atoms with Crippen LogP contribution in [0.5, 0.6) is 0 Å². The second kappa shape index (κ2) is 9.72. The molecule has 0 radical (unpaired) electrons. The lowest BCUT2D eigenvalue weighted by Crippen LogP contribution is -2.45. The number of nitrogens with zero attached hydrogens (tertiary/aromatic N) is 3. The number of nitrogen functional groups attached to an aromatic ring is 1. The van der Waals surface area contributed by atoms with E-state index in [0.717, 1.165) is 29.0 Å². The minimum Gasteiger partial charge on any atom is -0.384 e. The van der Waals surface area contributed by atoms with Crippen LogP contribution < -0.4 is 17.0 Å². The summed E-state index contributed by atoms with van der Waals surface area (Å²) in [4.78, 5) is 41.1. The fourth-order valence-electron chi connectivity index (χ4n) is 4.06. The van der Waals surface area contributed by atoms with E-state index in [0.29, 0.717) is 0 Å². The van der Waals surface area contributed by atoms with Crippen molar-refractivity contribution in [3.05, 3.63) is 97.7 Å². The molecule has 1 heterocycles. The Kier molecular flexibility index (Phi) is 6.74. The molecule has 0 bridgehead atoms. The van der Waals surface area contributed by atoms with E-state index in [1.807, 2.05) is 30.3 Å². The Balaban J connectivity index is 1.68. The Labute approximate surface area is 195 Å². The average Bonchev–Trinajstić information content (AvgIpc) is 3.64. The molecular formula is C25H26F2N4O3. The molecular weight excluding hydrogens is 442 g/mol. The summed E-state index contributed by atoms with van der Waals surface area (Å²) in [7, 11) is 0. The highest BCUT2D eigenvalue weighted by atomic mass is 19.1. The van der Waals surface area contributed by atoms with Crippen molar-refractivity contribution in [3.63, 3.8) is 0 Å². The number of hydrogen-bond donors (Lipinski definition) is 1. The van der Waals surface area contributed by atoms with Crippen molar-refractivity contribution in [2.45, 2.75) is 45.4 Å². The van der Waals surface area contributed by atoms with Crippen molar-refractivity contribution in [1.29, 1.82) is 0 Å². The van der Waals surface area contributed by atoms with Crippen LogP contribution in [-0.2, 0) is 19.6 Å². The summed E-state index contributed by atoms with van der Waals surface area (Å²) in [6.07, 6.45) is 1.66. The number of ketones is 1. The lowest BCUT2D eigenvalue weighted by molar-refractivity contribution is 0.0916. The monoisotopic (exact) mass is 468 g/mol. The molecule has 178 valence electrons. The number of halogens is 2. The van der Waals surface area contributed by atoms with Gasteiger partial charge in [0, 0.05) is 30.8 Å². The van der Waals surface area contributed by atoms with Crippen LogP contribution >= 0.6 is 0 Å². The Morgan fingerprint density at radius 1 is 1.09 bits per heavy atom. The van der Waals surface area contributed by atoms with Crippen molar-refractivity contribution >= 4 is 11.6 Å². The number of hydrogen-bond acceptors (Lipinski definition) is 5. The van der Waals surface area contributed by atoms with Crippen LogP contribution in [0.25, 0.3) is 0 Å². The molecule has 1 aliphatic carbocycles. The van der Waals surface area contributed by atoms with Crippen molar-refractivity contribution in [1.82, 2.24) is 14.0 Å². The molecule has 1 aliphatic rings. The largest absolute Gasteiger partial charge is 0.384 e. The molecule has 0 unspecified atom stereocenters. The summed E-state index contributed by atoms with van der Waals surface area (Å²) in [5.41, 5.74) is 5.71. The lowest BCUT2D eigenvalue weighted by Gasteiger charge is -2.22. The standard InChI is InChI=1S/C25H26F2N4O3/c1-2-30-24(33)22(23(28)31(25(30)34)13-16-6-4-3-5-7-16)21(32)15-29(19-10-11-19)14-17-8-9-18(26)12-20(17)27/h3-9,12,19H,2,10-11,13-15,28H2,1H3. The van der Waals surface area contributed by atoms with Gasteiger partial charge in [-0.25, -0.2) is 13.6 Å². The van der Waals surface area contributed by atoms with E-state index in [2.05, 4.69) is 0 Å². The van der Waals surface area contributed by atoms with Crippen LogP contribution in [0, 0.1) is 11.6 Å². The van der Waals surface area contributed by atoms with E-state index in [9.17, 15) is 23.2 Å². The van der Waals surface area contributed by atoms with E-state index >= 15 is 0 Å². The SMILES string of the molecule is CCn1c(=O)c(C(=O)CN(Cc2ccc(F)cc2F)C2CC2)c(N)n(Cc2ccccc2)c1=O. The zero-order valence-corrected chi connectivity index (χ0v) is 18.8. The van der Waals surface area contributed by atoms with E-state index in [4.69, 9.17) is 5.73 Å². The van der Waals surface area contributed by atoms with Gasteiger partial charge in [0.25, 0.3) is 5.56 Å². The summed E-state index contributed by atoms with van der Waals surface area (Å²) in [5, 5.41) is 0. The Hall–Kier alpha value is -3.59. The van der Waals surface area contributed by atoms with Gasteiger partial charge in [-0.1, -0.05) is 36.4 Å². The fraction of sp³-hybridized carbons (Fsp3) is 0.320. The highest BCUT2D eigenvalue weighted by Gasteiger charge is 2.33. The van der Waals surface area contributed by atoms with Crippen LogP contribution in [0.1, 0.15) is 41.3 Å². The maximum atomic E-state index is 14.2. The van der Waals surface area contributed by atoms with Gasteiger partial charge in [0.2, 0.25) is 0 Å². The number of rotatable bonds is 9. The zero-order chi connectivity index (χ0) is 24.4. The second-order valence-electron chi connectivity index (χ2n) is 8.46. The predicted molar refractivity (Wildman–Crippen MR) is 125 cm³/mol. The van der Waals surface area contributed by atoms with Crippen molar-refractivity contribution in [2.75, 3.05) is 12.3 Å². The third-order valence-electron chi connectivity index (χ3n) is 6.04. The Morgan fingerprint density at radius 2 is 1.79 bits per heavy atom. The summed E-state index contributed by atoms with van der Waals surface area (Å²) in [6.45, 7) is 1.76. The van der Waals surface area contributed by atoms with E-state index in [1.54, 1.807) is 11.8 Å². The van der Waals surface area contributed by atoms with E-state index in [-0.39, 0.29) is 49.2 Å². The van der Waals surface area contributed by atoms with Crippen molar-refractivity contribution in [2.24, 2.45) is 0 Å². The minimum atomic E-state index is -0.733. The maximum Gasteiger partial charge on any atom is 0.332 e. The zero-order valence-electron chi connectivity index (χ0n) is 18.8. The number of anilines is 1. The average molecular weight is 469 g/mol. The molecule has 0 saturated heterocycles. The molecule has 2 aromatic carbocycles. The van der Waals surface area contributed by atoms with Gasteiger partial charge >= 0.3 is 5.69 Å². The first-order chi connectivity index (χ1) is 16.3. The first-order valence-corrected chi connectivity index (χ1v) is 11.2. The van der Waals surface area contributed by atoms with Gasteiger partial charge < -0.3 is 5.73 Å². The second-order valence-corrected chi connectivity index (χ2v) is 8.46. The first-order valence-electron chi connectivity index (χ1n) is 11.2. The molecule has 1 saturated carbocycles. The smallest absolute Gasteiger partial charge is 0.332 e. The molecule has 4 rings (SSSR count). The predicted octanol–water partition coefficient (Wildman–Crippen LogP) is 2.79. The molecule has 0 spiro atoms. The summed E-state index contributed by atoms with van der Waals surface area (Å²) >= 11 is 0. The van der Waals surface area contributed by atoms with Gasteiger partial charge in [-0.2, -0.15) is 0 Å². The number of nitrogens with two attached hydrogens (primary N) is 1. The fourth-order valence-corrected chi connectivity index (χ4v) is 4.06. The Morgan fingerprint density at radius 3 is 2.41 bits per heavy atom. The van der Waals surface area contributed by atoms with E-state index < -0.39 is 28.7 Å². The van der Waals surface area contributed by atoms with Crippen LogP contribution in [0.2, 0.25) is 0 Å². The maximum absolute atomic E-state index is 14.2. The minimum absolute atomic E-state index is 0.0539. The normalized spacial score (nSPS) is 13.4. The van der Waals surface area contributed by atoms with Gasteiger partial charge in [0.05, 0.1) is 13.1 Å². The van der Waals surface area contributed by atoms with Crippen LogP contribution in [0.4, 0.5) is 14.6 Å². The van der Waals surface area contributed by atoms with Crippen molar-refractivity contribution < 1.29 is 13.6 Å². The molecule has 1 aromatic heterocycles. The Bertz CT molecular complexity index is 1330. The third-order valence-corrected chi connectivity index (χ3v) is 6.04. The molecule has 0 atom stereocenters. The summed E-state index contributed by atoms with van der Waals surface area (Å²) in [5.74, 6) is -2.09. The number of carbonyl (C=O) groups is 1. The van der Waals surface area contributed by atoms with Gasteiger partial charge in [-0.15, -0.1) is 0 Å². The highest BCUT2D eigenvalue weighted by molar-refractivity contribution is 6.01. The van der Waals surface area contributed by atoms with E-state index in [1.165, 1.54) is 16.7 Å². The molecule has 34 heavy (non-hydrogen) atoms. The molecule has 9 heteroatoms. The topological polar surface area (TPSA) is 90.3 Å². The lowest BCUT2D eigenvalue weighted by atomic mass is 10.1. The van der Waals surface area contributed by atoms with Gasteiger partial charge in [-0.3, -0.25) is 23.6 Å². The molecule has 0 amide bonds. The van der Waals surface area contributed by atoms with Crippen LogP contribution in [0.3, 0.4) is 0 Å². The quantitative estimate of drug-likeness (QED) is 0.488. The van der Waals surface area contributed by atoms with Crippen LogP contribution in [0.15, 0.2) is 58.1 Å². The molecule has 1 fully saturated rings. The molecule has 2 N–H and O–H groups in total. The molecule has 0 aliphatic heterocycles. The van der Waals surface area contributed by atoms with Crippen LogP contribution in [-0.4, -0.2) is 32.4 Å². The summed E-state index contributed by atoms with van der Waals surface area (Å²) in [6, 6.07) is 12.5. The van der Waals surface area contributed by atoms with Gasteiger partial charge in [-0.05, 0) is 31.4 Å². The highest BCUT2D eigenvalue weighted by Crippen LogP contribution is 2.29. The first kappa shape index (κ1) is 23.6. The number of benzene rings is 2. The molecule has 3 aromatic rings. The van der Waals surface area contributed by atoms with Crippen molar-refractivity contribution in [3.8, 4) is 0 Å².